The summed E-state index contributed by atoms with van der Waals surface area (Å²) in [6.07, 6.45) is 2.68. The molecular weight excluding hydrogens is 408 g/mol. The van der Waals surface area contributed by atoms with Crippen LogP contribution in [0.4, 0.5) is 5.69 Å². The van der Waals surface area contributed by atoms with Crippen LogP contribution in [0.25, 0.3) is 0 Å². The van der Waals surface area contributed by atoms with Crippen LogP contribution in [-0.4, -0.2) is 49.4 Å². The zero-order chi connectivity index (χ0) is 21.7. The van der Waals surface area contributed by atoms with Gasteiger partial charge in [0, 0.05) is 18.8 Å². The van der Waals surface area contributed by atoms with Crippen LogP contribution in [-0.2, 0) is 19.6 Å². The molecule has 2 aromatic rings. The Morgan fingerprint density at radius 2 is 1.83 bits per heavy atom. The Morgan fingerprint density at radius 3 is 2.57 bits per heavy atom. The van der Waals surface area contributed by atoms with Gasteiger partial charge in [-0.3, -0.25) is 4.79 Å². The van der Waals surface area contributed by atoms with Crippen molar-refractivity contribution in [2.45, 2.75) is 31.1 Å². The fraction of sp³-hybridized carbons (Fsp3) is 0.333. The summed E-state index contributed by atoms with van der Waals surface area (Å²) in [6, 6.07) is 10.5. The highest BCUT2D eigenvalue weighted by Gasteiger charge is 2.26. The van der Waals surface area contributed by atoms with Gasteiger partial charge >= 0.3 is 5.97 Å². The zero-order valence-electron chi connectivity index (χ0n) is 16.6. The third-order valence-corrected chi connectivity index (χ3v) is 6.67. The normalized spacial score (nSPS) is 14.8. The molecule has 0 radical (unpaired) electrons. The van der Waals surface area contributed by atoms with E-state index in [2.05, 4.69) is 5.32 Å². The second-order valence-corrected chi connectivity index (χ2v) is 9.08. The van der Waals surface area contributed by atoms with Crippen LogP contribution in [0.3, 0.4) is 0 Å². The third-order valence-electron chi connectivity index (χ3n) is 4.78. The van der Waals surface area contributed by atoms with Crippen molar-refractivity contribution in [3.05, 3.63) is 53.6 Å². The summed E-state index contributed by atoms with van der Waals surface area (Å²) >= 11 is 0. The second-order valence-electron chi connectivity index (χ2n) is 7.14. The fourth-order valence-electron chi connectivity index (χ4n) is 3.21. The first kappa shape index (κ1) is 21.8. The maximum atomic E-state index is 12.8. The molecule has 0 unspecified atom stereocenters. The maximum Gasteiger partial charge on any atom is 0.342 e. The molecule has 1 heterocycles. The molecule has 0 aliphatic carbocycles. The molecule has 1 aliphatic heterocycles. The third kappa shape index (κ3) is 5.17. The van der Waals surface area contributed by atoms with Gasteiger partial charge in [-0.1, -0.05) is 24.1 Å². The molecule has 1 amide bonds. The van der Waals surface area contributed by atoms with Crippen molar-refractivity contribution in [3.63, 3.8) is 0 Å². The SMILES string of the molecule is Cc1ccc(O)c(C(=O)OCC(=O)Nc2cccc(S(=O)(=O)N3CCCCC3)c2)c1. The zero-order valence-corrected chi connectivity index (χ0v) is 17.4. The number of esters is 1. The average molecular weight is 432 g/mol. The Labute approximate surface area is 175 Å². The highest BCUT2D eigenvalue weighted by Crippen LogP contribution is 2.23. The van der Waals surface area contributed by atoms with Gasteiger partial charge in [0.25, 0.3) is 5.91 Å². The molecule has 2 aromatic carbocycles. The summed E-state index contributed by atoms with van der Waals surface area (Å²) < 4.78 is 32.0. The first-order chi connectivity index (χ1) is 14.3. The number of benzene rings is 2. The van der Waals surface area contributed by atoms with Crippen LogP contribution in [0.1, 0.15) is 35.2 Å². The van der Waals surface area contributed by atoms with Crippen molar-refractivity contribution in [1.82, 2.24) is 4.31 Å². The number of sulfonamides is 1. The first-order valence-electron chi connectivity index (χ1n) is 9.64. The number of aryl methyl sites for hydroxylation is 1. The number of nitrogens with one attached hydrogen (secondary N) is 1. The highest BCUT2D eigenvalue weighted by atomic mass is 32.2. The quantitative estimate of drug-likeness (QED) is 0.679. The maximum absolute atomic E-state index is 12.8. The minimum absolute atomic E-state index is 0.0302. The number of nitrogens with zero attached hydrogens (tertiary/aromatic N) is 1. The van der Waals surface area contributed by atoms with Crippen molar-refractivity contribution in [1.29, 1.82) is 0 Å². The number of hydrogen-bond donors (Lipinski definition) is 2. The molecule has 0 saturated carbocycles. The molecule has 2 N–H and O–H groups in total. The van der Waals surface area contributed by atoms with Crippen molar-refractivity contribution in [3.8, 4) is 5.75 Å². The van der Waals surface area contributed by atoms with Crippen LogP contribution in [0.5, 0.6) is 5.75 Å². The van der Waals surface area contributed by atoms with E-state index in [4.69, 9.17) is 4.74 Å². The molecule has 1 fully saturated rings. The van der Waals surface area contributed by atoms with Gasteiger partial charge in [0.1, 0.15) is 11.3 Å². The van der Waals surface area contributed by atoms with Crippen LogP contribution in [0, 0.1) is 6.92 Å². The lowest BCUT2D eigenvalue weighted by Gasteiger charge is -2.26. The van der Waals surface area contributed by atoms with Gasteiger partial charge in [-0.05, 0) is 50.1 Å². The van der Waals surface area contributed by atoms with E-state index in [1.54, 1.807) is 25.1 Å². The first-order valence-corrected chi connectivity index (χ1v) is 11.1. The van der Waals surface area contributed by atoms with E-state index in [-0.39, 0.29) is 21.9 Å². The standard InChI is InChI=1S/C21H24N2O6S/c1-15-8-9-19(24)18(12-15)21(26)29-14-20(25)22-16-6-5-7-17(13-16)30(27,28)23-10-3-2-4-11-23/h5-9,12-13,24H,2-4,10-11,14H2,1H3,(H,22,25). The van der Waals surface area contributed by atoms with E-state index in [1.807, 2.05) is 0 Å². The van der Waals surface area contributed by atoms with Gasteiger partial charge in [-0.15, -0.1) is 0 Å². The molecule has 3 rings (SSSR count). The lowest BCUT2D eigenvalue weighted by molar-refractivity contribution is -0.119. The molecular formula is C21H24N2O6S. The smallest absolute Gasteiger partial charge is 0.342 e. The Kier molecular flexibility index (Phi) is 6.73. The highest BCUT2D eigenvalue weighted by molar-refractivity contribution is 7.89. The van der Waals surface area contributed by atoms with Crippen LogP contribution in [0.2, 0.25) is 0 Å². The number of piperidine rings is 1. The number of phenolic OH excluding ortho intramolecular Hbond substituents is 1. The minimum atomic E-state index is -3.62. The summed E-state index contributed by atoms with van der Waals surface area (Å²) in [4.78, 5) is 24.3. The average Bonchev–Trinajstić information content (AvgIpc) is 2.74. The molecule has 8 nitrogen and oxygen atoms in total. The van der Waals surface area contributed by atoms with Gasteiger partial charge in [0.15, 0.2) is 6.61 Å². The molecule has 0 bridgehead atoms. The Bertz CT molecular complexity index is 1050. The topological polar surface area (TPSA) is 113 Å². The molecule has 0 aromatic heterocycles. The predicted molar refractivity (Wildman–Crippen MR) is 111 cm³/mol. The Balaban J connectivity index is 1.62. The summed E-state index contributed by atoms with van der Waals surface area (Å²) in [5, 5.41) is 12.3. The molecule has 1 aliphatic rings. The van der Waals surface area contributed by atoms with E-state index in [0.29, 0.717) is 13.1 Å². The van der Waals surface area contributed by atoms with Gasteiger partial charge < -0.3 is 15.2 Å². The summed E-state index contributed by atoms with van der Waals surface area (Å²) in [6.45, 7) is 2.16. The number of rotatable bonds is 6. The van der Waals surface area contributed by atoms with E-state index in [0.717, 1.165) is 24.8 Å². The number of anilines is 1. The fourth-order valence-corrected chi connectivity index (χ4v) is 4.77. The predicted octanol–water partition coefficient (Wildman–Crippen LogP) is 2.67. The number of carbonyl (C=O) groups is 2. The van der Waals surface area contributed by atoms with Gasteiger partial charge in [-0.2, -0.15) is 4.31 Å². The van der Waals surface area contributed by atoms with Gasteiger partial charge in [-0.25, -0.2) is 13.2 Å². The van der Waals surface area contributed by atoms with Gasteiger partial charge in [0.2, 0.25) is 10.0 Å². The lowest BCUT2D eigenvalue weighted by Crippen LogP contribution is -2.35. The molecule has 0 spiro atoms. The molecule has 30 heavy (non-hydrogen) atoms. The number of ether oxygens (including phenoxy) is 1. The molecule has 9 heteroatoms. The van der Waals surface area contributed by atoms with Crippen LogP contribution in [0.15, 0.2) is 47.4 Å². The van der Waals surface area contributed by atoms with Crippen LogP contribution >= 0.6 is 0 Å². The van der Waals surface area contributed by atoms with E-state index in [1.165, 1.54) is 28.6 Å². The summed E-state index contributed by atoms with van der Waals surface area (Å²) in [5.41, 5.74) is 1.01. The number of carbonyl (C=O) groups excluding carboxylic acids is 2. The number of amides is 1. The van der Waals surface area contributed by atoms with Crippen molar-refractivity contribution in [2.24, 2.45) is 0 Å². The Morgan fingerprint density at radius 1 is 1.10 bits per heavy atom. The number of aromatic hydroxyl groups is 1. The number of hydrogen-bond acceptors (Lipinski definition) is 6. The van der Waals surface area contributed by atoms with Crippen LogP contribution < -0.4 is 5.32 Å². The Hall–Kier alpha value is -2.91. The van der Waals surface area contributed by atoms with Crippen molar-refractivity contribution in [2.75, 3.05) is 25.0 Å². The summed E-state index contributed by atoms with van der Waals surface area (Å²) in [5.74, 6) is -1.68. The largest absolute Gasteiger partial charge is 0.507 e. The number of phenols is 1. The molecule has 160 valence electrons. The van der Waals surface area contributed by atoms with E-state index < -0.39 is 28.5 Å². The second kappa shape index (κ2) is 9.27. The molecule has 0 atom stereocenters. The lowest BCUT2D eigenvalue weighted by atomic mass is 10.1. The monoisotopic (exact) mass is 432 g/mol. The molecule has 1 saturated heterocycles. The summed E-state index contributed by atoms with van der Waals surface area (Å²) in [7, 11) is -3.62. The van der Waals surface area contributed by atoms with Crippen molar-refractivity contribution < 1.29 is 27.9 Å². The minimum Gasteiger partial charge on any atom is -0.507 e. The van der Waals surface area contributed by atoms with Gasteiger partial charge in [0.05, 0.1) is 4.90 Å². The van der Waals surface area contributed by atoms with E-state index in [9.17, 15) is 23.1 Å². The van der Waals surface area contributed by atoms with E-state index >= 15 is 0 Å². The van der Waals surface area contributed by atoms with Crippen molar-refractivity contribution >= 4 is 27.6 Å².